The Kier molecular flexibility index (Phi) is 5.50. The number of nitrogens with one attached hydrogen (secondary N) is 1. The molecule has 0 radical (unpaired) electrons. The van der Waals surface area contributed by atoms with E-state index in [0.717, 1.165) is 16.8 Å². The van der Waals surface area contributed by atoms with Crippen LogP contribution in [-0.2, 0) is 9.84 Å². The summed E-state index contributed by atoms with van der Waals surface area (Å²) in [5.74, 6) is -0.131. The van der Waals surface area contributed by atoms with E-state index in [1.165, 1.54) is 6.26 Å². The van der Waals surface area contributed by atoms with Gasteiger partial charge in [0.05, 0.1) is 11.4 Å². The number of hydrogen-bond donors (Lipinski definition) is 1. The number of carbonyl (C=O) groups is 1. The molecule has 1 aromatic heterocycles. The molecule has 1 amide bonds. The van der Waals surface area contributed by atoms with Crippen LogP contribution in [0.25, 0.3) is 11.3 Å². The van der Waals surface area contributed by atoms with E-state index in [2.05, 4.69) is 10.3 Å². The zero-order valence-electron chi connectivity index (χ0n) is 13.2. The Morgan fingerprint density at radius 2 is 1.96 bits per heavy atom. The molecular weight excluding hydrogens is 312 g/mol. The van der Waals surface area contributed by atoms with E-state index in [9.17, 15) is 13.2 Å². The minimum absolute atomic E-state index is 0.0697. The summed E-state index contributed by atoms with van der Waals surface area (Å²) in [7, 11) is -3.00. The fourth-order valence-corrected chi connectivity index (χ4v) is 2.98. The van der Waals surface area contributed by atoms with Gasteiger partial charge in [0, 0.05) is 30.1 Å². The third-order valence-electron chi connectivity index (χ3n) is 3.50. The molecule has 1 heterocycles. The third kappa shape index (κ3) is 4.89. The Morgan fingerprint density at radius 1 is 1.17 bits per heavy atom. The van der Waals surface area contributed by atoms with E-state index < -0.39 is 9.84 Å². The Hall–Kier alpha value is -2.21. The molecule has 0 aliphatic heterocycles. The van der Waals surface area contributed by atoms with Crippen molar-refractivity contribution in [1.29, 1.82) is 0 Å². The van der Waals surface area contributed by atoms with Crippen molar-refractivity contribution in [3.63, 3.8) is 0 Å². The van der Waals surface area contributed by atoms with Crippen LogP contribution in [0.15, 0.2) is 42.6 Å². The number of aromatic nitrogens is 1. The highest BCUT2D eigenvalue weighted by atomic mass is 32.2. The molecule has 0 unspecified atom stereocenters. The first kappa shape index (κ1) is 17.1. The molecule has 0 spiro atoms. The summed E-state index contributed by atoms with van der Waals surface area (Å²) in [6.45, 7) is 2.22. The van der Waals surface area contributed by atoms with E-state index in [1.807, 2.05) is 37.3 Å². The zero-order valence-corrected chi connectivity index (χ0v) is 14.1. The summed E-state index contributed by atoms with van der Waals surface area (Å²) < 4.78 is 22.2. The van der Waals surface area contributed by atoms with E-state index in [-0.39, 0.29) is 11.7 Å². The fourth-order valence-electron chi connectivity index (χ4n) is 2.31. The van der Waals surface area contributed by atoms with Gasteiger partial charge in [-0.2, -0.15) is 0 Å². The minimum atomic E-state index is -3.00. The average Bonchev–Trinajstić information content (AvgIpc) is 2.51. The van der Waals surface area contributed by atoms with Crippen LogP contribution in [-0.4, -0.2) is 37.9 Å². The van der Waals surface area contributed by atoms with Crippen molar-refractivity contribution >= 4 is 15.7 Å². The molecule has 122 valence electrons. The first-order valence-electron chi connectivity index (χ1n) is 7.35. The Labute approximate surface area is 136 Å². The second-order valence-corrected chi connectivity index (χ2v) is 7.69. The number of sulfone groups is 1. The van der Waals surface area contributed by atoms with Gasteiger partial charge in [-0.05, 0) is 37.1 Å². The van der Waals surface area contributed by atoms with E-state index in [0.29, 0.717) is 18.5 Å². The first-order valence-corrected chi connectivity index (χ1v) is 9.41. The van der Waals surface area contributed by atoms with Gasteiger partial charge in [0.15, 0.2) is 0 Å². The maximum absolute atomic E-state index is 12.3. The molecule has 0 atom stereocenters. The highest BCUT2D eigenvalue weighted by Crippen LogP contribution is 2.23. The van der Waals surface area contributed by atoms with Crippen LogP contribution in [0.1, 0.15) is 22.3 Å². The van der Waals surface area contributed by atoms with Gasteiger partial charge in [0.2, 0.25) is 0 Å². The van der Waals surface area contributed by atoms with Crippen LogP contribution in [0.3, 0.4) is 0 Å². The summed E-state index contributed by atoms with van der Waals surface area (Å²) in [6.07, 6.45) is 3.31. The smallest absolute Gasteiger partial charge is 0.251 e. The lowest BCUT2D eigenvalue weighted by atomic mass is 9.99. The first-order chi connectivity index (χ1) is 10.9. The van der Waals surface area contributed by atoms with Crippen molar-refractivity contribution in [2.24, 2.45) is 0 Å². The predicted octanol–water partition coefficient (Wildman–Crippen LogP) is 2.22. The normalized spacial score (nSPS) is 11.2. The molecule has 23 heavy (non-hydrogen) atoms. The molecule has 5 nitrogen and oxygen atoms in total. The number of carbonyl (C=O) groups excluding carboxylic acids is 1. The van der Waals surface area contributed by atoms with Gasteiger partial charge in [0.25, 0.3) is 5.91 Å². The molecule has 2 rings (SSSR count). The van der Waals surface area contributed by atoms with Crippen molar-refractivity contribution < 1.29 is 13.2 Å². The van der Waals surface area contributed by atoms with E-state index in [4.69, 9.17) is 0 Å². The summed E-state index contributed by atoms with van der Waals surface area (Å²) in [5, 5.41) is 2.77. The van der Waals surface area contributed by atoms with Crippen LogP contribution >= 0.6 is 0 Å². The van der Waals surface area contributed by atoms with Crippen LogP contribution < -0.4 is 5.32 Å². The molecule has 0 fully saturated rings. The van der Waals surface area contributed by atoms with Crippen LogP contribution in [0.4, 0.5) is 0 Å². The average molecular weight is 332 g/mol. The van der Waals surface area contributed by atoms with Gasteiger partial charge in [-0.25, -0.2) is 8.42 Å². The standard InChI is InChI=1S/C17H20N2O3S/c1-13-14(16-9-3-4-10-18-16)7-5-8-15(13)17(20)19-11-6-12-23(2,21)22/h3-5,7-10H,6,11-12H2,1-2H3,(H,19,20). The van der Waals surface area contributed by atoms with Gasteiger partial charge in [-0.1, -0.05) is 18.2 Å². The summed E-state index contributed by atoms with van der Waals surface area (Å²) >= 11 is 0. The fraction of sp³-hybridized carbons (Fsp3) is 0.294. The lowest BCUT2D eigenvalue weighted by Crippen LogP contribution is -2.26. The molecule has 0 saturated heterocycles. The molecule has 2 aromatic rings. The molecule has 0 saturated carbocycles. The van der Waals surface area contributed by atoms with Gasteiger partial charge < -0.3 is 5.32 Å². The quantitative estimate of drug-likeness (QED) is 0.823. The second kappa shape index (κ2) is 7.37. The molecular formula is C17H20N2O3S. The van der Waals surface area contributed by atoms with Crippen LogP contribution in [0.5, 0.6) is 0 Å². The van der Waals surface area contributed by atoms with Gasteiger partial charge in [-0.3, -0.25) is 9.78 Å². The largest absolute Gasteiger partial charge is 0.352 e. The van der Waals surface area contributed by atoms with Crippen molar-refractivity contribution in [3.8, 4) is 11.3 Å². The Balaban J connectivity index is 2.10. The third-order valence-corrected chi connectivity index (χ3v) is 4.53. The van der Waals surface area contributed by atoms with Crippen molar-refractivity contribution in [2.75, 3.05) is 18.6 Å². The predicted molar refractivity (Wildman–Crippen MR) is 91.1 cm³/mol. The van der Waals surface area contributed by atoms with Crippen molar-refractivity contribution in [3.05, 3.63) is 53.7 Å². The number of amides is 1. The summed E-state index contributed by atoms with van der Waals surface area (Å²) in [6, 6.07) is 11.2. The van der Waals surface area contributed by atoms with E-state index >= 15 is 0 Å². The Bertz CT molecular complexity index is 787. The van der Waals surface area contributed by atoms with Gasteiger partial charge in [-0.15, -0.1) is 0 Å². The van der Waals surface area contributed by atoms with Crippen molar-refractivity contribution in [1.82, 2.24) is 10.3 Å². The molecule has 0 aliphatic carbocycles. The summed E-state index contributed by atoms with van der Waals surface area (Å²) in [4.78, 5) is 16.6. The highest BCUT2D eigenvalue weighted by Gasteiger charge is 2.13. The SMILES string of the molecule is Cc1c(C(=O)NCCCS(C)(=O)=O)cccc1-c1ccccn1. The maximum Gasteiger partial charge on any atom is 0.251 e. The molecule has 1 N–H and O–H groups in total. The zero-order chi connectivity index (χ0) is 16.9. The van der Waals surface area contributed by atoms with Crippen LogP contribution in [0.2, 0.25) is 0 Å². The molecule has 6 heteroatoms. The molecule has 1 aromatic carbocycles. The molecule has 0 aliphatic rings. The monoisotopic (exact) mass is 332 g/mol. The number of nitrogens with zero attached hydrogens (tertiary/aromatic N) is 1. The maximum atomic E-state index is 12.3. The van der Waals surface area contributed by atoms with E-state index in [1.54, 1.807) is 12.3 Å². The molecule has 0 bridgehead atoms. The van der Waals surface area contributed by atoms with Gasteiger partial charge >= 0.3 is 0 Å². The van der Waals surface area contributed by atoms with Crippen LogP contribution in [0, 0.1) is 6.92 Å². The number of hydrogen-bond acceptors (Lipinski definition) is 4. The number of rotatable bonds is 6. The lowest BCUT2D eigenvalue weighted by molar-refractivity contribution is 0.0953. The van der Waals surface area contributed by atoms with Crippen molar-refractivity contribution in [2.45, 2.75) is 13.3 Å². The highest BCUT2D eigenvalue weighted by molar-refractivity contribution is 7.90. The minimum Gasteiger partial charge on any atom is -0.352 e. The Morgan fingerprint density at radius 3 is 2.61 bits per heavy atom. The van der Waals surface area contributed by atoms with Gasteiger partial charge in [0.1, 0.15) is 9.84 Å². The summed E-state index contributed by atoms with van der Waals surface area (Å²) in [5.41, 5.74) is 3.16. The lowest BCUT2D eigenvalue weighted by Gasteiger charge is -2.11. The number of benzene rings is 1. The topological polar surface area (TPSA) is 76.1 Å². The second-order valence-electron chi connectivity index (χ2n) is 5.43. The number of pyridine rings is 1.